The van der Waals surface area contributed by atoms with Crippen LogP contribution in [0.3, 0.4) is 0 Å². The highest BCUT2D eigenvalue weighted by atomic mass is 16.5. The third-order valence-electron chi connectivity index (χ3n) is 0.816. The lowest BCUT2D eigenvalue weighted by atomic mass is 10.3. The lowest BCUT2D eigenvalue weighted by molar-refractivity contribution is 0.309. The predicted molar refractivity (Wildman–Crippen MR) is 56.1 cm³/mol. The molecule has 0 radical (unpaired) electrons. The molecule has 0 aliphatic rings. The maximum Gasteiger partial charge on any atom is 0.111 e. The second-order valence-corrected chi connectivity index (χ2v) is 2.56. The molecule has 12 heavy (non-hydrogen) atoms. The van der Waals surface area contributed by atoms with Crippen LogP contribution in [0, 0.1) is 0 Å². The molecule has 0 aromatic heterocycles. The van der Waals surface area contributed by atoms with Crippen LogP contribution >= 0.6 is 0 Å². The largest absolute Gasteiger partial charge is 0.497 e. The van der Waals surface area contributed by atoms with E-state index in [0.717, 1.165) is 5.57 Å². The minimum Gasteiger partial charge on any atom is -0.497 e. The lowest BCUT2D eigenvalue weighted by Crippen LogP contribution is -1.76. The summed E-state index contributed by atoms with van der Waals surface area (Å²) >= 11 is 0. The summed E-state index contributed by atoms with van der Waals surface area (Å²) in [6.07, 6.45) is 4.88. The predicted octanol–water partition coefficient (Wildman–Crippen LogP) is 3.70. The fraction of sp³-hybridized carbons (Fsp3) is 0.455. The smallest absolute Gasteiger partial charge is 0.111 e. The Morgan fingerprint density at radius 2 is 1.67 bits per heavy atom. The molecule has 70 valence electrons. The molecular weight excluding hydrogens is 148 g/mol. The molecule has 0 aliphatic heterocycles. The van der Waals surface area contributed by atoms with E-state index < -0.39 is 0 Å². The third kappa shape index (κ3) is 16.0. The van der Waals surface area contributed by atoms with Gasteiger partial charge in [0, 0.05) is 0 Å². The van der Waals surface area contributed by atoms with E-state index in [1.165, 1.54) is 6.42 Å². The Bertz CT molecular complexity index is 154. The number of rotatable bonds is 3. The van der Waals surface area contributed by atoms with Gasteiger partial charge in [-0.2, -0.15) is 0 Å². The van der Waals surface area contributed by atoms with E-state index in [4.69, 9.17) is 4.74 Å². The third-order valence-corrected chi connectivity index (χ3v) is 0.816. The summed E-state index contributed by atoms with van der Waals surface area (Å²) in [5.41, 5.74) is 0.994. The molecule has 0 amide bonds. The molecule has 1 heteroatoms. The summed E-state index contributed by atoms with van der Waals surface area (Å²) in [7, 11) is 1.59. The van der Waals surface area contributed by atoms with Crippen molar-refractivity contribution in [3.8, 4) is 0 Å². The highest BCUT2D eigenvalue weighted by Crippen LogP contribution is 1.96. The van der Waals surface area contributed by atoms with Crippen LogP contribution in [0.1, 0.15) is 27.2 Å². The SMILES string of the molecule is C=C(C)/C=C\C(=C)OC.CCC. The van der Waals surface area contributed by atoms with E-state index in [0.29, 0.717) is 5.76 Å². The maximum atomic E-state index is 4.78. The van der Waals surface area contributed by atoms with E-state index in [1.54, 1.807) is 13.2 Å². The molecule has 0 unspecified atom stereocenters. The van der Waals surface area contributed by atoms with Crippen LogP contribution in [-0.4, -0.2) is 7.11 Å². The molecule has 0 bridgehead atoms. The van der Waals surface area contributed by atoms with Gasteiger partial charge in [0.15, 0.2) is 0 Å². The van der Waals surface area contributed by atoms with Gasteiger partial charge < -0.3 is 4.74 Å². The van der Waals surface area contributed by atoms with Crippen LogP contribution in [0.2, 0.25) is 0 Å². The summed E-state index contributed by atoms with van der Waals surface area (Å²) < 4.78 is 4.78. The first-order valence-electron chi connectivity index (χ1n) is 4.14. The van der Waals surface area contributed by atoms with Crippen LogP contribution in [-0.2, 0) is 4.74 Å². The van der Waals surface area contributed by atoms with Gasteiger partial charge in [-0.15, -0.1) is 0 Å². The van der Waals surface area contributed by atoms with Gasteiger partial charge >= 0.3 is 0 Å². The molecular formula is C11H20O. The molecule has 0 fully saturated rings. The standard InChI is InChI=1S/C8H12O.C3H8/c1-7(2)5-6-8(3)9-4;1-3-2/h5-6H,1,3H2,2,4H3;3H2,1-2H3/b6-5-;. The summed E-state index contributed by atoms with van der Waals surface area (Å²) in [6.45, 7) is 13.4. The maximum absolute atomic E-state index is 4.78. The molecule has 0 spiro atoms. The number of methoxy groups -OCH3 is 1. The zero-order valence-electron chi connectivity index (χ0n) is 8.68. The van der Waals surface area contributed by atoms with Crippen LogP contribution in [0.15, 0.2) is 36.6 Å². The van der Waals surface area contributed by atoms with Crippen molar-refractivity contribution in [1.82, 2.24) is 0 Å². The van der Waals surface area contributed by atoms with E-state index in [9.17, 15) is 0 Å². The number of ether oxygens (including phenoxy) is 1. The van der Waals surface area contributed by atoms with Gasteiger partial charge in [-0.1, -0.05) is 45.1 Å². The van der Waals surface area contributed by atoms with Crippen molar-refractivity contribution < 1.29 is 4.74 Å². The van der Waals surface area contributed by atoms with Crippen molar-refractivity contribution in [2.75, 3.05) is 7.11 Å². The molecule has 0 heterocycles. The first-order valence-corrected chi connectivity index (χ1v) is 4.14. The lowest BCUT2D eigenvalue weighted by Gasteiger charge is -1.93. The van der Waals surface area contributed by atoms with Crippen LogP contribution in [0.5, 0.6) is 0 Å². The number of allylic oxidation sites excluding steroid dienone is 3. The molecule has 0 aromatic carbocycles. The Morgan fingerprint density at radius 3 is 1.92 bits per heavy atom. The van der Waals surface area contributed by atoms with Crippen molar-refractivity contribution in [3.05, 3.63) is 36.6 Å². The van der Waals surface area contributed by atoms with Gasteiger partial charge in [0.25, 0.3) is 0 Å². The zero-order chi connectivity index (χ0) is 9.98. The Hall–Kier alpha value is -0.980. The molecule has 0 atom stereocenters. The quantitative estimate of drug-likeness (QED) is 0.461. The highest BCUT2D eigenvalue weighted by Gasteiger charge is 1.79. The van der Waals surface area contributed by atoms with Gasteiger partial charge in [0.2, 0.25) is 0 Å². The molecule has 0 aromatic rings. The summed E-state index contributed by atoms with van der Waals surface area (Å²) in [5, 5.41) is 0. The second kappa shape index (κ2) is 10.0. The van der Waals surface area contributed by atoms with Gasteiger partial charge in [0.05, 0.1) is 7.11 Å². The van der Waals surface area contributed by atoms with Crippen LogP contribution in [0.25, 0.3) is 0 Å². The Balaban J connectivity index is 0. The average molecular weight is 168 g/mol. The van der Waals surface area contributed by atoms with Crippen LogP contribution in [0.4, 0.5) is 0 Å². The summed E-state index contributed by atoms with van der Waals surface area (Å²) in [4.78, 5) is 0. The first kappa shape index (κ1) is 13.6. The van der Waals surface area contributed by atoms with E-state index in [2.05, 4.69) is 27.0 Å². The van der Waals surface area contributed by atoms with Gasteiger partial charge in [-0.05, 0) is 13.0 Å². The molecule has 0 rings (SSSR count). The second-order valence-electron chi connectivity index (χ2n) is 2.56. The average Bonchev–Trinajstić information content (AvgIpc) is 2.01. The molecule has 0 saturated carbocycles. The molecule has 0 aliphatic carbocycles. The highest BCUT2D eigenvalue weighted by molar-refractivity contribution is 5.18. The summed E-state index contributed by atoms with van der Waals surface area (Å²) in [6, 6.07) is 0. The van der Waals surface area contributed by atoms with E-state index in [1.807, 2.05) is 13.0 Å². The van der Waals surface area contributed by atoms with Gasteiger partial charge in [-0.25, -0.2) is 0 Å². The fourth-order valence-corrected chi connectivity index (χ4v) is 0.303. The molecule has 0 N–H and O–H groups in total. The first-order chi connectivity index (χ1) is 5.58. The van der Waals surface area contributed by atoms with Crippen LogP contribution < -0.4 is 0 Å². The van der Waals surface area contributed by atoms with Crippen molar-refractivity contribution in [2.45, 2.75) is 27.2 Å². The van der Waals surface area contributed by atoms with E-state index in [-0.39, 0.29) is 0 Å². The van der Waals surface area contributed by atoms with E-state index >= 15 is 0 Å². The normalized spacial score (nSPS) is 8.67. The monoisotopic (exact) mass is 168 g/mol. The molecule has 0 saturated heterocycles. The molecule has 1 nitrogen and oxygen atoms in total. The summed E-state index contributed by atoms with van der Waals surface area (Å²) in [5.74, 6) is 0.651. The number of hydrogen-bond donors (Lipinski definition) is 0. The minimum atomic E-state index is 0.651. The minimum absolute atomic E-state index is 0.651. The van der Waals surface area contributed by atoms with Gasteiger partial charge in [-0.3, -0.25) is 0 Å². The van der Waals surface area contributed by atoms with Crippen molar-refractivity contribution in [1.29, 1.82) is 0 Å². The zero-order valence-corrected chi connectivity index (χ0v) is 8.68. The van der Waals surface area contributed by atoms with Crippen molar-refractivity contribution in [2.24, 2.45) is 0 Å². The topological polar surface area (TPSA) is 9.23 Å². The van der Waals surface area contributed by atoms with Crippen molar-refractivity contribution in [3.63, 3.8) is 0 Å². The fourth-order valence-electron chi connectivity index (χ4n) is 0.303. The Kier molecular flexibility index (Phi) is 11.4. The Morgan fingerprint density at radius 1 is 1.25 bits per heavy atom. The van der Waals surface area contributed by atoms with Gasteiger partial charge in [0.1, 0.15) is 5.76 Å². The number of hydrogen-bond acceptors (Lipinski definition) is 1. The van der Waals surface area contributed by atoms with Crippen molar-refractivity contribution >= 4 is 0 Å². The Labute approximate surface area is 76.4 Å².